The van der Waals surface area contributed by atoms with Gasteiger partial charge < -0.3 is 0 Å². The van der Waals surface area contributed by atoms with Crippen molar-refractivity contribution in [3.05, 3.63) is 24.0 Å². The van der Waals surface area contributed by atoms with Gasteiger partial charge in [-0.1, -0.05) is 0 Å². The Labute approximate surface area is 92.8 Å². The molecule has 0 aliphatic heterocycles. The van der Waals surface area contributed by atoms with Crippen molar-refractivity contribution in [1.82, 2.24) is 9.71 Å². The summed E-state index contributed by atoms with van der Waals surface area (Å²) in [5, 5.41) is 8.68. The Hall–Kier alpha value is -1.16. The highest BCUT2D eigenvalue weighted by atomic mass is 35.5. The van der Waals surface area contributed by atoms with Crippen LogP contribution in [-0.4, -0.2) is 25.8 Å². The first kappa shape index (κ1) is 11.9. The normalized spacial score (nSPS) is 10.9. The minimum atomic E-state index is -3.68. The van der Waals surface area contributed by atoms with Crippen LogP contribution in [0.1, 0.15) is 5.69 Å². The summed E-state index contributed by atoms with van der Waals surface area (Å²) in [7, 11) is -3.68. The molecule has 0 aliphatic rings. The van der Waals surface area contributed by atoms with Crippen molar-refractivity contribution in [2.45, 2.75) is 4.90 Å². The molecule has 1 rings (SSSR count). The average molecular weight is 246 g/mol. The molecule has 7 heteroatoms. The van der Waals surface area contributed by atoms with Crippen LogP contribution in [0.2, 0.25) is 0 Å². The van der Waals surface area contributed by atoms with Crippen molar-refractivity contribution >= 4 is 21.6 Å². The van der Waals surface area contributed by atoms with Gasteiger partial charge in [0.2, 0.25) is 10.0 Å². The van der Waals surface area contributed by atoms with Crippen LogP contribution in [0.4, 0.5) is 0 Å². The number of nitrogens with zero attached hydrogens (tertiary/aromatic N) is 2. The summed E-state index contributed by atoms with van der Waals surface area (Å²) in [4.78, 5) is 3.53. The van der Waals surface area contributed by atoms with Crippen LogP contribution >= 0.6 is 11.6 Å². The molecule has 1 N–H and O–H groups in total. The van der Waals surface area contributed by atoms with Gasteiger partial charge in [0.1, 0.15) is 11.0 Å². The number of nitriles is 1. The van der Waals surface area contributed by atoms with E-state index in [9.17, 15) is 8.42 Å². The first-order chi connectivity index (χ1) is 7.11. The number of halogens is 1. The zero-order valence-corrected chi connectivity index (χ0v) is 9.22. The van der Waals surface area contributed by atoms with Gasteiger partial charge in [0.15, 0.2) is 5.69 Å². The van der Waals surface area contributed by atoms with E-state index in [0.29, 0.717) is 0 Å². The van der Waals surface area contributed by atoms with Crippen LogP contribution < -0.4 is 4.72 Å². The monoisotopic (exact) mass is 245 g/mol. The van der Waals surface area contributed by atoms with Gasteiger partial charge in [0, 0.05) is 18.6 Å². The third-order valence-corrected chi connectivity index (χ3v) is 3.23. The van der Waals surface area contributed by atoms with Crippen molar-refractivity contribution in [2.24, 2.45) is 0 Å². The molecule has 0 amide bonds. The van der Waals surface area contributed by atoms with Crippen molar-refractivity contribution < 1.29 is 8.42 Å². The van der Waals surface area contributed by atoms with Gasteiger partial charge in [-0.25, -0.2) is 18.1 Å². The van der Waals surface area contributed by atoms with Crippen molar-refractivity contribution in [3.63, 3.8) is 0 Å². The maximum absolute atomic E-state index is 11.6. The molecule has 1 aromatic heterocycles. The van der Waals surface area contributed by atoms with E-state index in [1.54, 1.807) is 6.07 Å². The molecule has 0 radical (unpaired) electrons. The molecular weight excluding hydrogens is 238 g/mol. The van der Waals surface area contributed by atoms with E-state index in [2.05, 4.69) is 9.71 Å². The highest BCUT2D eigenvalue weighted by molar-refractivity contribution is 7.89. The highest BCUT2D eigenvalue weighted by Gasteiger charge is 2.18. The molecule has 0 aliphatic carbocycles. The summed E-state index contributed by atoms with van der Waals surface area (Å²) in [6.07, 6.45) is 1.36. The number of hydrogen-bond acceptors (Lipinski definition) is 4. The predicted octanol–water partition coefficient (Wildman–Crippen LogP) is 0.470. The fourth-order valence-corrected chi connectivity index (χ4v) is 2.29. The lowest BCUT2D eigenvalue weighted by molar-refractivity contribution is 0.583. The lowest BCUT2D eigenvalue weighted by atomic mass is 10.4. The topological polar surface area (TPSA) is 82.8 Å². The fourth-order valence-electron chi connectivity index (χ4n) is 0.942. The molecule has 0 spiro atoms. The van der Waals surface area contributed by atoms with Crippen LogP contribution in [0.25, 0.3) is 0 Å². The maximum atomic E-state index is 11.6. The van der Waals surface area contributed by atoms with E-state index in [1.165, 1.54) is 18.3 Å². The van der Waals surface area contributed by atoms with E-state index in [1.807, 2.05) is 0 Å². The zero-order chi connectivity index (χ0) is 11.3. The molecule has 0 unspecified atom stereocenters. The highest BCUT2D eigenvalue weighted by Crippen LogP contribution is 2.11. The molecule has 0 fully saturated rings. The second kappa shape index (κ2) is 5.07. The number of pyridine rings is 1. The van der Waals surface area contributed by atoms with E-state index >= 15 is 0 Å². The third kappa shape index (κ3) is 2.89. The van der Waals surface area contributed by atoms with Crippen molar-refractivity contribution in [2.75, 3.05) is 12.4 Å². The molecule has 1 aromatic rings. The number of sulfonamides is 1. The molecule has 15 heavy (non-hydrogen) atoms. The van der Waals surface area contributed by atoms with Gasteiger partial charge in [-0.3, -0.25) is 0 Å². The van der Waals surface area contributed by atoms with Gasteiger partial charge in [0.05, 0.1) is 0 Å². The van der Waals surface area contributed by atoms with Crippen LogP contribution in [0.15, 0.2) is 23.2 Å². The molecule has 1 heterocycles. The number of hydrogen-bond donors (Lipinski definition) is 1. The Morgan fingerprint density at radius 1 is 1.60 bits per heavy atom. The van der Waals surface area contributed by atoms with Gasteiger partial charge in [-0.2, -0.15) is 5.26 Å². The van der Waals surface area contributed by atoms with E-state index in [4.69, 9.17) is 16.9 Å². The van der Waals surface area contributed by atoms with Crippen LogP contribution in [0.3, 0.4) is 0 Å². The molecule has 5 nitrogen and oxygen atoms in total. The standard InChI is InChI=1S/C8H8ClN3O2S/c9-3-5-12-15(13,14)8-2-1-4-11-7(8)6-10/h1-2,4,12H,3,5H2. The van der Waals surface area contributed by atoms with E-state index < -0.39 is 10.0 Å². The van der Waals surface area contributed by atoms with Crippen LogP contribution in [-0.2, 0) is 10.0 Å². The summed E-state index contributed by atoms with van der Waals surface area (Å²) >= 11 is 5.36. The molecule has 0 aromatic carbocycles. The molecular formula is C8H8ClN3O2S. The van der Waals surface area contributed by atoms with Gasteiger partial charge in [-0.05, 0) is 12.1 Å². The summed E-state index contributed by atoms with van der Waals surface area (Å²) in [5.74, 6) is 0.168. The smallest absolute Gasteiger partial charge is 0.243 e. The van der Waals surface area contributed by atoms with Gasteiger partial charge in [-0.15, -0.1) is 11.6 Å². The van der Waals surface area contributed by atoms with Crippen molar-refractivity contribution in [1.29, 1.82) is 5.26 Å². The number of aromatic nitrogens is 1. The largest absolute Gasteiger partial charge is 0.244 e. The van der Waals surface area contributed by atoms with Gasteiger partial charge in [0.25, 0.3) is 0 Å². The molecule has 0 atom stereocenters. The quantitative estimate of drug-likeness (QED) is 0.782. The van der Waals surface area contributed by atoms with Crippen LogP contribution in [0.5, 0.6) is 0 Å². The minimum absolute atomic E-state index is 0.115. The second-order valence-electron chi connectivity index (χ2n) is 2.55. The third-order valence-electron chi connectivity index (χ3n) is 1.55. The fraction of sp³-hybridized carbons (Fsp3) is 0.250. The average Bonchev–Trinajstić information content (AvgIpc) is 2.26. The predicted molar refractivity (Wildman–Crippen MR) is 54.9 cm³/mol. The maximum Gasteiger partial charge on any atom is 0.243 e. The zero-order valence-electron chi connectivity index (χ0n) is 7.64. The Bertz CT molecular complexity index is 481. The minimum Gasteiger partial charge on any atom is -0.244 e. The second-order valence-corrected chi connectivity index (χ2v) is 4.66. The van der Waals surface area contributed by atoms with E-state index in [-0.39, 0.29) is 23.0 Å². The molecule has 80 valence electrons. The SMILES string of the molecule is N#Cc1ncccc1S(=O)(=O)NCCCl. The first-order valence-corrected chi connectivity index (χ1v) is 6.04. The van der Waals surface area contributed by atoms with Crippen LogP contribution in [0, 0.1) is 11.3 Å². The number of nitrogens with one attached hydrogen (secondary N) is 1. The summed E-state index contributed by atoms with van der Waals surface area (Å²) in [5.41, 5.74) is -0.125. The summed E-state index contributed by atoms with van der Waals surface area (Å²) in [6, 6.07) is 4.49. The summed E-state index contributed by atoms with van der Waals surface area (Å²) in [6.45, 7) is 0.115. The summed E-state index contributed by atoms with van der Waals surface area (Å²) < 4.78 is 25.5. The number of alkyl halides is 1. The molecule has 0 saturated carbocycles. The lowest BCUT2D eigenvalue weighted by Gasteiger charge is -2.05. The lowest BCUT2D eigenvalue weighted by Crippen LogP contribution is -2.26. The number of rotatable bonds is 4. The Morgan fingerprint density at radius 3 is 2.93 bits per heavy atom. The Balaban J connectivity index is 3.11. The first-order valence-electron chi connectivity index (χ1n) is 4.02. The molecule has 0 bridgehead atoms. The molecule has 0 saturated heterocycles. The Morgan fingerprint density at radius 2 is 2.33 bits per heavy atom. The Kier molecular flexibility index (Phi) is 4.03. The van der Waals surface area contributed by atoms with Crippen molar-refractivity contribution in [3.8, 4) is 6.07 Å². The van der Waals surface area contributed by atoms with E-state index in [0.717, 1.165) is 0 Å². The van der Waals surface area contributed by atoms with Gasteiger partial charge >= 0.3 is 0 Å².